The molecule has 0 aliphatic rings. The van der Waals surface area contributed by atoms with Crippen molar-refractivity contribution >= 4 is 15.9 Å². The lowest BCUT2D eigenvalue weighted by molar-refractivity contribution is 0.0771. The predicted octanol–water partition coefficient (Wildman–Crippen LogP) is 2.48. The van der Waals surface area contributed by atoms with Crippen LogP contribution in [0.15, 0.2) is 28.7 Å². The summed E-state index contributed by atoms with van der Waals surface area (Å²) in [4.78, 5) is 2.11. The number of nitrogens with zero attached hydrogens (tertiary/aromatic N) is 1. The lowest BCUT2D eigenvalue weighted by Gasteiger charge is -2.15. The van der Waals surface area contributed by atoms with Crippen molar-refractivity contribution in [1.29, 1.82) is 0 Å². The molecule has 1 aromatic rings. The van der Waals surface area contributed by atoms with Gasteiger partial charge in [-0.1, -0.05) is 28.1 Å². The zero-order valence-corrected chi connectivity index (χ0v) is 9.54. The van der Waals surface area contributed by atoms with Gasteiger partial charge in [-0.2, -0.15) is 0 Å². The van der Waals surface area contributed by atoms with Crippen LogP contribution in [0.25, 0.3) is 0 Å². The molecule has 0 bridgehead atoms. The van der Waals surface area contributed by atoms with Gasteiger partial charge < -0.3 is 4.74 Å². The first-order chi connectivity index (χ1) is 6.22. The molecule has 1 aromatic carbocycles. The lowest BCUT2D eigenvalue weighted by atomic mass is 10.2. The summed E-state index contributed by atoms with van der Waals surface area (Å²) in [5, 5.41) is 0. The number of hydrogen-bond donors (Lipinski definition) is 0. The van der Waals surface area contributed by atoms with Gasteiger partial charge in [-0.25, -0.2) is 0 Å². The number of halogens is 1. The summed E-state index contributed by atoms with van der Waals surface area (Å²) in [5.74, 6) is 0. The lowest BCUT2D eigenvalue weighted by Crippen LogP contribution is -2.20. The van der Waals surface area contributed by atoms with Crippen LogP contribution in [0.2, 0.25) is 0 Å². The molecule has 0 atom stereocenters. The summed E-state index contributed by atoms with van der Waals surface area (Å²) in [7, 11) is 3.74. The van der Waals surface area contributed by atoms with Crippen molar-refractivity contribution in [2.45, 2.75) is 6.54 Å². The highest BCUT2D eigenvalue weighted by Gasteiger charge is 1.98. The average molecular weight is 244 g/mol. The average Bonchev–Trinajstić information content (AvgIpc) is 2.04. The molecule has 3 heteroatoms. The number of benzene rings is 1. The van der Waals surface area contributed by atoms with Gasteiger partial charge in [0.1, 0.15) is 0 Å². The largest absolute Gasteiger partial charge is 0.369 e. The van der Waals surface area contributed by atoms with E-state index in [-0.39, 0.29) is 0 Å². The summed E-state index contributed by atoms with van der Waals surface area (Å²) in [6.45, 7) is 1.57. The number of hydrogen-bond acceptors (Lipinski definition) is 2. The van der Waals surface area contributed by atoms with E-state index in [1.165, 1.54) is 5.56 Å². The van der Waals surface area contributed by atoms with Gasteiger partial charge in [-0.05, 0) is 24.7 Å². The fraction of sp³-hybridized carbons (Fsp3) is 0.400. The van der Waals surface area contributed by atoms with Crippen LogP contribution in [0.5, 0.6) is 0 Å². The smallest absolute Gasteiger partial charge is 0.0986 e. The van der Waals surface area contributed by atoms with Crippen molar-refractivity contribution in [2.75, 3.05) is 20.9 Å². The predicted molar refractivity (Wildman–Crippen MR) is 57.5 cm³/mol. The second-order valence-electron chi connectivity index (χ2n) is 3.06. The maximum atomic E-state index is 5.02. The molecule has 0 heterocycles. The first-order valence-corrected chi connectivity index (χ1v) is 4.93. The first kappa shape index (κ1) is 10.7. The van der Waals surface area contributed by atoms with Crippen LogP contribution < -0.4 is 0 Å². The molecule has 2 nitrogen and oxygen atoms in total. The van der Waals surface area contributed by atoms with Gasteiger partial charge >= 0.3 is 0 Å². The molecule has 0 N–H and O–H groups in total. The minimum Gasteiger partial charge on any atom is -0.369 e. The maximum absolute atomic E-state index is 5.02. The van der Waals surface area contributed by atoms with Crippen molar-refractivity contribution in [1.82, 2.24) is 4.90 Å². The van der Waals surface area contributed by atoms with Crippen molar-refractivity contribution < 1.29 is 4.74 Å². The van der Waals surface area contributed by atoms with Gasteiger partial charge in [-0.3, -0.25) is 4.90 Å². The fourth-order valence-electron chi connectivity index (χ4n) is 1.21. The monoisotopic (exact) mass is 243 g/mol. The Morgan fingerprint density at radius 2 is 2.23 bits per heavy atom. The molecule has 0 radical (unpaired) electrons. The van der Waals surface area contributed by atoms with Gasteiger partial charge in [-0.15, -0.1) is 0 Å². The molecule has 0 unspecified atom stereocenters. The van der Waals surface area contributed by atoms with E-state index in [9.17, 15) is 0 Å². The van der Waals surface area contributed by atoms with E-state index in [2.05, 4.69) is 33.0 Å². The van der Waals surface area contributed by atoms with Crippen LogP contribution in [-0.4, -0.2) is 25.8 Å². The Kier molecular flexibility index (Phi) is 4.42. The molecular weight excluding hydrogens is 230 g/mol. The SMILES string of the molecule is COCN(C)Cc1cccc(Br)c1. The maximum Gasteiger partial charge on any atom is 0.0986 e. The van der Waals surface area contributed by atoms with E-state index < -0.39 is 0 Å². The van der Waals surface area contributed by atoms with Gasteiger partial charge in [0.25, 0.3) is 0 Å². The Hall–Kier alpha value is -0.380. The van der Waals surface area contributed by atoms with E-state index in [0.29, 0.717) is 6.73 Å². The minimum atomic E-state index is 0.659. The van der Waals surface area contributed by atoms with E-state index in [0.717, 1.165) is 11.0 Å². The Bertz CT molecular complexity index is 265. The van der Waals surface area contributed by atoms with Crippen LogP contribution in [0, 0.1) is 0 Å². The molecule has 0 spiro atoms. The third kappa shape index (κ3) is 3.89. The highest BCUT2D eigenvalue weighted by molar-refractivity contribution is 9.10. The van der Waals surface area contributed by atoms with Crippen LogP contribution >= 0.6 is 15.9 Å². The van der Waals surface area contributed by atoms with E-state index >= 15 is 0 Å². The highest BCUT2D eigenvalue weighted by Crippen LogP contribution is 2.12. The van der Waals surface area contributed by atoms with Gasteiger partial charge in [0.2, 0.25) is 0 Å². The van der Waals surface area contributed by atoms with Crippen molar-refractivity contribution in [3.05, 3.63) is 34.3 Å². The molecule has 0 aliphatic carbocycles. The van der Waals surface area contributed by atoms with E-state index in [1.807, 2.05) is 19.2 Å². The normalized spacial score (nSPS) is 10.8. The van der Waals surface area contributed by atoms with Crippen molar-refractivity contribution in [2.24, 2.45) is 0 Å². The van der Waals surface area contributed by atoms with Crippen LogP contribution in [0.4, 0.5) is 0 Å². The number of ether oxygens (including phenoxy) is 1. The number of methoxy groups -OCH3 is 1. The highest BCUT2D eigenvalue weighted by atomic mass is 79.9. The Balaban J connectivity index is 2.53. The van der Waals surface area contributed by atoms with Gasteiger partial charge in [0.15, 0.2) is 0 Å². The summed E-state index contributed by atoms with van der Waals surface area (Å²) >= 11 is 3.44. The molecule has 0 amide bonds. The third-order valence-corrected chi connectivity index (χ3v) is 2.18. The third-order valence-electron chi connectivity index (χ3n) is 1.69. The molecule has 0 fully saturated rings. The number of rotatable bonds is 4. The Morgan fingerprint density at radius 1 is 1.46 bits per heavy atom. The topological polar surface area (TPSA) is 12.5 Å². The molecular formula is C10H14BrNO. The fourth-order valence-corrected chi connectivity index (χ4v) is 1.66. The molecule has 72 valence electrons. The summed E-state index contributed by atoms with van der Waals surface area (Å²) in [6.07, 6.45) is 0. The van der Waals surface area contributed by atoms with Crippen LogP contribution in [0.1, 0.15) is 5.56 Å². The standard InChI is InChI=1S/C10H14BrNO/c1-12(8-13-2)7-9-4-3-5-10(11)6-9/h3-6H,7-8H2,1-2H3. The molecule has 1 rings (SSSR count). The van der Waals surface area contributed by atoms with E-state index in [1.54, 1.807) is 7.11 Å². The second kappa shape index (κ2) is 5.37. The quantitative estimate of drug-likeness (QED) is 0.754. The van der Waals surface area contributed by atoms with Gasteiger partial charge in [0.05, 0.1) is 6.73 Å². The Morgan fingerprint density at radius 3 is 2.85 bits per heavy atom. The minimum absolute atomic E-state index is 0.659. The zero-order chi connectivity index (χ0) is 9.68. The van der Waals surface area contributed by atoms with E-state index in [4.69, 9.17) is 4.74 Å². The Labute approximate surface area is 87.6 Å². The van der Waals surface area contributed by atoms with Crippen molar-refractivity contribution in [3.63, 3.8) is 0 Å². The first-order valence-electron chi connectivity index (χ1n) is 4.14. The molecule has 0 aromatic heterocycles. The molecule has 13 heavy (non-hydrogen) atoms. The van der Waals surface area contributed by atoms with Crippen LogP contribution in [0.3, 0.4) is 0 Å². The molecule has 0 saturated carbocycles. The zero-order valence-electron chi connectivity index (χ0n) is 7.96. The van der Waals surface area contributed by atoms with Crippen molar-refractivity contribution in [3.8, 4) is 0 Å². The molecule has 0 aliphatic heterocycles. The van der Waals surface area contributed by atoms with Gasteiger partial charge in [0, 0.05) is 18.1 Å². The summed E-state index contributed by atoms with van der Waals surface area (Å²) in [6, 6.07) is 8.29. The summed E-state index contributed by atoms with van der Waals surface area (Å²) < 4.78 is 6.14. The van der Waals surface area contributed by atoms with Crippen LogP contribution in [-0.2, 0) is 11.3 Å². The molecule has 0 saturated heterocycles. The summed E-state index contributed by atoms with van der Waals surface area (Å²) in [5.41, 5.74) is 1.29. The second-order valence-corrected chi connectivity index (χ2v) is 3.98.